The molecule has 1 radical (unpaired) electrons. The van der Waals surface area contributed by atoms with Crippen molar-refractivity contribution in [2.75, 3.05) is 11.9 Å². The van der Waals surface area contributed by atoms with E-state index in [9.17, 15) is 20.1 Å². The largest absolute Gasteiger partial charge is 0.492 e. The zero-order chi connectivity index (χ0) is 22.0. The fraction of sp³-hybridized carbons (Fsp3) is 0.429. The molecule has 0 bridgehead atoms. The summed E-state index contributed by atoms with van der Waals surface area (Å²) >= 11 is 0. The third-order valence-corrected chi connectivity index (χ3v) is 5.81. The summed E-state index contributed by atoms with van der Waals surface area (Å²) in [5, 5.41) is 34.4. The highest BCUT2D eigenvalue weighted by molar-refractivity contribution is 5.77. The molecule has 5 N–H and O–H groups in total. The Morgan fingerprint density at radius 1 is 1.19 bits per heavy atom. The highest BCUT2D eigenvalue weighted by atomic mass is 16.3. The van der Waals surface area contributed by atoms with Crippen LogP contribution in [0.25, 0.3) is 11.2 Å². The van der Waals surface area contributed by atoms with Crippen molar-refractivity contribution in [2.45, 2.75) is 43.9 Å². The predicted octanol–water partition coefficient (Wildman–Crippen LogP) is 1.06. The summed E-state index contributed by atoms with van der Waals surface area (Å²) in [6, 6.07) is 9.42. The van der Waals surface area contributed by atoms with Gasteiger partial charge < -0.3 is 25.2 Å². The highest BCUT2D eigenvalue weighted by Crippen LogP contribution is 2.39. The Kier molecular flexibility index (Phi) is 6.01. The van der Waals surface area contributed by atoms with Gasteiger partial charge in [-0.2, -0.15) is 9.97 Å². The van der Waals surface area contributed by atoms with Gasteiger partial charge in [0.2, 0.25) is 17.7 Å². The third-order valence-electron chi connectivity index (χ3n) is 5.81. The van der Waals surface area contributed by atoms with E-state index in [1.807, 2.05) is 30.3 Å². The fourth-order valence-corrected chi connectivity index (χ4v) is 4.17. The second-order valence-corrected chi connectivity index (χ2v) is 7.86. The van der Waals surface area contributed by atoms with Crippen molar-refractivity contribution in [3.63, 3.8) is 0 Å². The van der Waals surface area contributed by atoms with Gasteiger partial charge in [0.05, 0.1) is 18.5 Å². The highest BCUT2D eigenvalue weighted by Gasteiger charge is 2.42. The van der Waals surface area contributed by atoms with Crippen LogP contribution in [-0.4, -0.2) is 59.5 Å². The van der Waals surface area contributed by atoms with E-state index < -0.39 is 24.2 Å². The number of aliphatic hydroxyl groups excluding tert-OH is 2. The van der Waals surface area contributed by atoms with Crippen LogP contribution >= 0.6 is 0 Å². The van der Waals surface area contributed by atoms with E-state index in [0.717, 1.165) is 12.0 Å². The van der Waals surface area contributed by atoms with Gasteiger partial charge in [0.1, 0.15) is 6.10 Å². The van der Waals surface area contributed by atoms with Crippen LogP contribution in [0.2, 0.25) is 0 Å². The molecule has 3 aromatic rings. The molecule has 2 heterocycles. The smallest absolute Gasteiger partial charge is 0.244 e. The van der Waals surface area contributed by atoms with Crippen LogP contribution in [0, 0.1) is 5.92 Å². The minimum absolute atomic E-state index is 0.0320. The fourth-order valence-electron chi connectivity index (χ4n) is 4.17. The number of nitrogens with zero attached hydrogens (tertiary/aromatic N) is 4. The summed E-state index contributed by atoms with van der Waals surface area (Å²) in [6.07, 6.45) is 0.899. The van der Waals surface area contributed by atoms with Gasteiger partial charge in [-0.3, -0.25) is 10.5 Å². The van der Waals surface area contributed by atoms with Gasteiger partial charge in [0.25, 0.3) is 0 Å². The van der Waals surface area contributed by atoms with E-state index in [2.05, 4.69) is 20.3 Å². The zero-order valence-electron chi connectivity index (χ0n) is 16.8. The normalized spacial score (nSPS) is 23.3. The van der Waals surface area contributed by atoms with Gasteiger partial charge in [-0.25, -0.2) is 4.98 Å². The number of carbonyl (C=O) groups excluding carboxylic acids is 1. The number of nitrogens with one attached hydrogen (secondary N) is 2. The minimum Gasteiger partial charge on any atom is -0.492 e. The van der Waals surface area contributed by atoms with Gasteiger partial charge in [0, 0.05) is 13.0 Å². The number of aromatic hydroxyl groups is 1. The SMILES string of the molecule is [NH]C(=O)CCC1CC(n2cnc3c(O)nc(NCCc4ccccc4)nc32)C(O)C1O. The van der Waals surface area contributed by atoms with Crippen molar-refractivity contribution in [2.24, 2.45) is 5.92 Å². The quantitative estimate of drug-likeness (QED) is 0.417. The van der Waals surface area contributed by atoms with Crippen LogP contribution in [0.15, 0.2) is 36.7 Å². The van der Waals surface area contributed by atoms with Crippen molar-refractivity contribution >= 4 is 23.0 Å². The number of carbonyl (C=O) groups is 1. The molecule has 1 amide bonds. The number of anilines is 1. The number of hydrogen-bond acceptors (Lipinski definition) is 8. The number of imidazole rings is 1. The number of benzene rings is 1. The Hall–Kier alpha value is -3.24. The maximum absolute atomic E-state index is 11.0. The third kappa shape index (κ3) is 4.44. The molecule has 1 aliphatic rings. The van der Waals surface area contributed by atoms with Gasteiger partial charge >= 0.3 is 0 Å². The summed E-state index contributed by atoms with van der Waals surface area (Å²) in [6.45, 7) is 0.567. The van der Waals surface area contributed by atoms with E-state index in [1.54, 1.807) is 4.57 Å². The molecule has 1 aliphatic carbocycles. The van der Waals surface area contributed by atoms with Crippen LogP contribution in [0.5, 0.6) is 5.88 Å². The van der Waals surface area contributed by atoms with Crippen molar-refractivity contribution in [3.8, 4) is 5.88 Å². The number of hydrogen-bond donors (Lipinski definition) is 4. The molecule has 0 aliphatic heterocycles. The molecule has 0 saturated heterocycles. The van der Waals surface area contributed by atoms with E-state index in [0.29, 0.717) is 25.0 Å². The molecule has 31 heavy (non-hydrogen) atoms. The van der Waals surface area contributed by atoms with Crippen LogP contribution < -0.4 is 11.1 Å². The van der Waals surface area contributed by atoms with Crippen molar-refractivity contribution in [1.82, 2.24) is 25.3 Å². The predicted molar refractivity (Wildman–Crippen MR) is 112 cm³/mol. The second kappa shape index (κ2) is 8.86. The first-order valence-corrected chi connectivity index (χ1v) is 10.3. The van der Waals surface area contributed by atoms with E-state index in [-0.39, 0.29) is 29.7 Å². The lowest BCUT2D eigenvalue weighted by atomic mass is 9.99. The van der Waals surface area contributed by atoms with Crippen molar-refractivity contribution < 1.29 is 20.1 Å². The van der Waals surface area contributed by atoms with Crippen molar-refractivity contribution in [3.05, 3.63) is 42.2 Å². The maximum atomic E-state index is 11.0. The zero-order valence-corrected chi connectivity index (χ0v) is 16.8. The number of aliphatic hydroxyl groups is 2. The van der Waals surface area contributed by atoms with Crippen LogP contribution in [0.3, 0.4) is 0 Å². The van der Waals surface area contributed by atoms with Gasteiger partial charge in [0.15, 0.2) is 11.2 Å². The molecule has 163 valence electrons. The minimum atomic E-state index is -1.07. The molecule has 4 atom stereocenters. The monoisotopic (exact) mass is 425 g/mol. The van der Waals surface area contributed by atoms with Gasteiger partial charge in [-0.05, 0) is 30.7 Å². The Balaban J connectivity index is 1.52. The first kappa shape index (κ1) is 21.0. The number of amides is 1. The summed E-state index contributed by atoms with van der Waals surface area (Å²) in [7, 11) is 0. The lowest BCUT2D eigenvalue weighted by molar-refractivity contribution is -0.119. The Morgan fingerprint density at radius 3 is 2.71 bits per heavy atom. The second-order valence-electron chi connectivity index (χ2n) is 7.86. The standard InChI is InChI=1S/C21H25N6O4/c22-15(28)7-6-13-10-14(18(30)17(13)29)27-11-24-16-19(27)25-21(26-20(16)31)23-9-8-12-4-2-1-3-5-12/h1-5,11,13-14,17-18,22,29-30H,6-10H2,(H2,23,25,26,31). The molecular weight excluding hydrogens is 400 g/mol. The topological polar surface area (TPSA) is 157 Å². The number of fused-ring (bicyclic) bond motifs is 1. The van der Waals surface area contributed by atoms with E-state index in [1.165, 1.54) is 6.33 Å². The maximum Gasteiger partial charge on any atom is 0.244 e. The molecule has 1 saturated carbocycles. The molecule has 4 rings (SSSR count). The summed E-state index contributed by atoms with van der Waals surface area (Å²) in [4.78, 5) is 23.7. The molecule has 10 nitrogen and oxygen atoms in total. The molecule has 4 unspecified atom stereocenters. The molecular formula is C21H25N6O4. The molecule has 10 heteroatoms. The Bertz CT molecular complexity index is 1060. The average Bonchev–Trinajstić information content (AvgIpc) is 3.29. The molecule has 2 aromatic heterocycles. The lowest BCUT2D eigenvalue weighted by Crippen LogP contribution is -2.29. The van der Waals surface area contributed by atoms with Gasteiger partial charge in [-0.1, -0.05) is 30.3 Å². The van der Waals surface area contributed by atoms with Crippen molar-refractivity contribution in [1.29, 1.82) is 0 Å². The Morgan fingerprint density at radius 2 is 1.97 bits per heavy atom. The molecule has 0 spiro atoms. The lowest BCUT2D eigenvalue weighted by Gasteiger charge is -2.18. The summed E-state index contributed by atoms with van der Waals surface area (Å²) < 4.78 is 1.63. The summed E-state index contributed by atoms with van der Waals surface area (Å²) in [5.74, 6) is -1.03. The number of aromatic nitrogens is 4. The molecule has 1 fully saturated rings. The van der Waals surface area contributed by atoms with Gasteiger partial charge in [-0.15, -0.1) is 0 Å². The Labute approximate surface area is 178 Å². The average molecular weight is 425 g/mol. The van der Waals surface area contributed by atoms with Crippen LogP contribution in [0.4, 0.5) is 5.95 Å². The number of rotatable bonds is 8. The van der Waals surface area contributed by atoms with Crippen LogP contribution in [-0.2, 0) is 11.2 Å². The molecule has 1 aromatic carbocycles. The van der Waals surface area contributed by atoms with Crippen LogP contribution in [0.1, 0.15) is 30.9 Å². The van der Waals surface area contributed by atoms with E-state index >= 15 is 0 Å². The van der Waals surface area contributed by atoms with E-state index in [4.69, 9.17) is 5.73 Å². The summed E-state index contributed by atoms with van der Waals surface area (Å²) in [5.41, 5.74) is 8.78. The first-order chi connectivity index (χ1) is 14.9. The first-order valence-electron chi connectivity index (χ1n) is 10.3.